The molecule has 21 heavy (non-hydrogen) atoms. The minimum Gasteiger partial charge on any atom is -0.504 e. The van der Waals surface area contributed by atoms with Gasteiger partial charge < -0.3 is 15.2 Å². The van der Waals surface area contributed by atoms with Gasteiger partial charge in [0, 0.05) is 11.6 Å². The summed E-state index contributed by atoms with van der Waals surface area (Å²) >= 11 is 5.21. The highest BCUT2D eigenvalue weighted by Gasteiger charge is 2.13. The fraction of sp³-hybridized carbons (Fsp3) is 0.467. The molecular formula is C15H21N3O2S. The second-order valence-corrected chi connectivity index (χ2v) is 5.48. The van der Waals surface area contributed by atoms with E-state index in [1.54, 1.807) is 18.2 Å². The zero-order chi connectivity index (χ0) is 15.1. The summed E-state index contributed by atoms with van der Waals surface area (Å²) in [4.78, 5) is 0. The second-order valence-electron chi connectivity index (χ2n) is 5.08. The third kappa shape index (κ3) is 4.60. The van der Waals surface area contributed by atoms with E-state index >= 15 is 0 Å². The van der Waals surface area contributed by atoms with Crippen LogP contribution in [0.15, 0.2) is 23.3 Å². The number of thiocarbonyl (C=S) groups is 1. The standard InChI is InChI=1S/C15H21N3O2S/c1-20-13-9-5-6-11(14(13)19)10-16-18-15(21)17-12-7-3-2-4-8-12/h5-6,9-10,12,19H,2-4,7-8H2,1H3,(H2,17,18,21)/b16-10+. The summed E-state index contributed by atoms with van der Waals surface area (Å²) < 4.78 is 5.04. The maximum Gasteiger partial charge on any atom is 0.187 e. The van der Waals surface area contributed by atoms with Crippen LogP contribution >= 0.6 is 12.2 Å². The second kappa shape index (κ2) is 7.83. The van der Waals surface area contributed by atoms with Gasteiger partial charge in [0.1, 0.15) is 0 Å². The van der Waals surface area contributed by atoms with Crippen molar-refractivity contribution in [2.45, 2.75) is 38.1 Å². The largest absolute Gasteiger partial charge is 0.504 e. The van der Waals surface area contributed by atoms with Gasteiger partial charge in [-0.15, -0.1) is 0 Å². The number of hydrogen-bond acceptors (Lipinski definition) is 4. The molecule has 1 saturated carbocycles. The molecule has 0 bridgehead atoms. The third-order valence-electron chi connectivity index (χ3n) is 3.56. The van der Waals surface area contributed by atoms with E-state index in [-0.39, 0.29) is 5.75 Å². The van der Waals surface area contributed by atoms with E-state index in [4.69, 9.17) is 17.0 Å². The number of hydrogen-bond donors (Lipinski definition) is 3. The van der Waals surface area contributed by atoms with Crippen LogP contribution in [0.3, 0.4) is 0 Å². The number of methoxy groups -OCH3 is 1. The summed E-state index contributed by atoms with van der Waals surface area (Å²) in [7, 11) is 1.51. The molecule has 0 atom stereocenters. The molecule has 1 aromatic rings. The molecule has 0 saturated heterocycles. The van der Waals surface area contributed by atoms with E-state index in [1.165, 1.54) is 32.6 Å². The first kappa shape index (κ1) is 15.6. The lowest BCUT2D eigenvalue weighted by Crippen LogP contribution is -2.40. The lowest BCUT2D eigenvalue weighted by molar-refractivity contribution is 0.373. The SMILES string of the molecule is COc1cccc(/C=N/NC(=S)NC2CCCCC2)c1O. The van der Waals surface area contributed by atoms with Crippen molar-refractivity contribution in [1.82, 2.24) is 10.7 Å². The zero-order valence-electron chi connectivity index (χ0n) is 12.1. The van der Waals surface area contributed by atoms with Gasteiger partial charge in [-0.05, 0) is 37.2 Å². The topological polar surface area (TPSA) is 65.9 Å². The minimum absolute atomic E-state index is 0.0664. The highest BCUT2D eigenvalue weighted by atomic mass is 32.1. The number of nitrogens with one attached hydrogen (secondary N) is 2. The number of hydrazone groups is 1. The fourth-order valence-corrected chi connectivity index (χ4v) is 2.65. The van der Waals surface area contributed by atoms with Crippen LogP contribution in [-0.2, 0) is 0 Å². The normalized spacial score (nSPS) is 15.9. The van der Waals surface area contributed by atoms with Gasteiger partial charge in [0.05, 0.1) is 13.3 Å². The van der Waals surface area contributed by atoms with Gasteiger partial charge in [-0.1, -0.05) is 25.3 Å². The summed E-state index contributed by atoms with van der Waals surface area (Å²) in [6.07, 6.45) is 7.64. The predicted molar refractivity (Wildman–Crippen MR) is 88.0 cm³/mol. The summed E-state index contributed by atoms with van der Waals surface area (Å²) in [6, 6.07) is 5.67. The Kier molecular flexibility index (Phi) is 5.80. The molecule has 0 aromatic heterocycles. The average Bonchev–Trinajstić information content (AvgIpc) is 2.50. The van der Waals surface area contributed by atoms with Crippen LogP contribution in [0.2, 0.25) is 0 Å². The first-order chi connectivity index (χ1) is 10.2. The summed E-state index contributed by atoms with van der Waals surface area (Å²) in [5, 5.41) is 17.7. The number of phenolic OH excluding ortho intramolecular Hbond substituents is 1. The van der Waals surface area contributed by atoms with E-state index in [1.807, 2.05) is 0 Å². The molecule has 0 spiro atoms. The average molecular weight is 307 g/mol. The number of para-hydroxylation sites is 1. The molecule has 0 unspecified atom stereocenters. The van der Waals surface area contributed by atoms with E-state index in [9.17, 15) is 5.11 Å². The third-order valence-corrected chi connectivity index (χ3v) is 3.77. The Morgan fingerprint density at radius 1 is 1.38 bits per heavy atom. The van der Waals surface area contributed by atoms with Gasteiger partial charge in [-0.2, -0.15) is 5.10 Å². The quantitative estimate of drug-likeness (QED) is 0.453. The molecule has 114 valence electrons. The number of aromatic hydroxyl groups is 1. The fourth-order valence-electron chi connectivity index (χ4n) is 2.43. The van der Waals surface area contributed by atoms with Crippen LogP contribution < -0.4 is 15.5 Å². The number of benzene rings is 1. The molecule has 1 fully saturated rings. The Hall–Kier alpha value is -1.82. The number of nitrogens with zero attached hydrogens (tertiary/aromatic N) is 1. The van der Waals surface area contributed by atoms with E-state index in [0.29, 0.717) is 22.5 Å². The molecule has 1 aliphatic rings. The van der Waals surface area contributed by atoms with Crippen LogP contribution in [0, 0.1) is 0 Å². The van der Waals surface area contributed by atoms with Crippen LogP contribution in [0.25, 0.3) is 0 Å². The van der Waals surface area contributed by atoms with E-state index in [2.05, 4.69) is 15.8 Å². The van der Waals surface area contributed by atoms with E-state index in [0.717, 1.165) is 12.8 Å². The van der Waals surface area contributed by atoms with Crippen LogP contribution in [-0.4, -0.2) is 29.6 Å². The molecule has 3 N–H and O–H groups in total. The number of rotatable bonds is 4. The molecule has 0 amide bonds. The van der Waals surface area contributed by atoms with Crippen LogP contribution in [0.4, 0.5) is 0 Å². The Labute approximate surface area is 130 Å². The van der Waals surface area contributed by atoms with Crippen molar-refractivity contribution in [2.24, 2.45) is 5.10 Å². The molecular weight excluding hydrogens is 286 g/mol. The highest BCUT2D eigenvalue weighted by molar-refractivity contribution is 7.80. The molecule has 0 aliphatic heterocycles. The predicted octanol–water partition coefficient (Wildman–Crippen LogP) is 2.53. The maximum atomic E-state index is 9.92. The summed E-state index contributed by atoms with van der Waals surface area (Å²) in [5.41, 5.74) is 3.35. The van der Waals surface area contributed by atoms with E-state index < -0.39 is 0 Å². The van der Waals surface area contributed by atoms with Crippen molar-refractivity contribution in [3.05, 3.63) is 23.8 Å². The molecule has 2 rings (SSSR count). The van der Waals surface area contributed by atoms with Crippen molar-refractivity contribution < 1.29 is 9.84 Å². The lowest BCUT2D eigenvalue weighted by Gasteiger charge is -2.23. The highest BCUT2D eigenvalue weighted by Crippen LogP contribution is 2.27. The van der Waals surface area contributed by atoms with Crippen molar-refractivity contribution in [3.8, 4) is 11.5 Å². The minimum atomic E-state index is 0.0664. The zero-order valence-corrected chi connectivity index (χ0v) is 12.9. The molecule has 1 aromatic carbocycles. The smallest absolute Gasteiger partial charge is 0.187 e. The van der Waals surface area contributed by atoms with Gasteiger partial charge in [-0.3, -0.25) is 5.43 Å². The maximum absolute atomic E-state index is 9.92. The first-order valence-corrected chi connectivity index (χ1v) is 7.57. The first-order valence-electron chi connectivity index (χ1n) is 7.16. The van der Waals surface area contributed by atoms with Crippen molar-refractivity contribution in [2.75, 3.05) is 7.11 Å². The Morgan fingerprint density at radius 2 is 2.14 bits per heavy atom. The van der Waals surface area contributed by atoms with Gasteiger partial charge in [0.25, 0.3) is 0 Å². The van der Waals surface area contributed by atoms with Gasteiger partial charge >= 0.3 is 0 Å². The summed E-state index contributed by atoms with van der Waals surface area (Å²) in [6.45, 7) is 0. The number of ether oxygens (including phenoxy) is 1. The molecule has 0 heterocycles. The van der Waals surface area contributed by atoms with Crippen LogP contribution in [0.1, 0.15) is 37.7 Å². The summed E-state index contributed by atoms with van der Waals surface area (Å²) in [5.74, 6) is 0.485. The van der Waals surface area contributed by atoms with Gasteiger partial charge in [0.2, 0.25) is 0 Å². The van der Waals surface area contributed by atoms with Crippen molar-refractivity contribution >= 4 is 23.5 Å². The molecule has 1 aliphatic carbocycles. The van der Waals surface area contributed by atoms with Crippen molar-refractivity contribution in [3.63, 3.8) is 0 Å². The molecule has 0 radical (unpaired) electrons. The van der Waals surface area contributed by atoms with Crippen LogP contribution in [0.5, 0.6) is 11.5 Å². The monoisotopic (exact) mass is 307 g/mol. The molecule has 6 heteroatoms. The Balaban J connectivity index is 1.85. The lowest BCUT2D eigenvalue weighted by atomic mass is 9.96. The van der Waals surface area contributed by atoms with Gasteiger partial charge in [-0.25, -0.2) is 0 Å². The Morgan fingerprint density at radius 3 is 2.86 bits per heavy atom. The van der Waals surface area contributed by atoms with Gasteiger partial charge in [0.15, 0.2) is 16.6 Å². The Bertz CT molecular complexity index is 514. The molecule has 5 nitrogen and oxygen atoms in total. The van der Waals surface area contributed by atoms with Crippen molar-refractivity contribution in [1.29, 1.82) is 0 Å². The number of phenols is 1.